The van der Waals surface area contributed by atoms with Gasteiger partial charge in [0, 0.05) is 18.1 Å². The lowest BCUT2D eigenvalue weighted by molar-refractivity contribution is -0.187. The van der Waals surface area contributed by atoms with Crippen LogP contribution in [0.3, 0.4) is 0 Å². The van der Waals surface area contributed by atoms with Crippen LogP contribution in [0.1, 0.15) is 5.56 Å². The third-order valence-electron chi connectivity index (χ3n) is 3.48. The zero-order valence-corrected chi connectivity index (χ0v) is 11.3. The van der Waals surface area contributed by atoms with Crippen molar-refractivity contribution in [2.75, 3.05) is 18.0 Å². The molecular weight excluding hydrogens is 309 g/mol. The van der Waals surface area contributed by atoms with E-state index in [1.165, 1.54) is 23.1 Å². The van der Waals surface area contributed by atoms with E-state index in [0.29, 0.717) is 0 Å². The van der Waals surface area contributed by atoms with Crippen molar-refractivity contribution >= 4 is 23.3 Å². The summed E-state index contributed by atoms with van der Waals surface area (Å²) in [6.07, 6.45) is -4.61. The number of halogens is 4. The Morgan fingerprint density at radius 2 is 2.10 bits per heavy atom. The Labute approximate surface area is 123 Å². The second-order valence-electron chi connectivity index (χ2n) is 4.77. The summed E-state index contributed by atoms with van der Waals surface area (Å²) in [7, 11) is 0. The van der Waals surface area contributed by atoms with E-state index in [1.54, 1.807) is 0 Å². The molecule has 2 atom stereocenters. The fourth-order valence-corrected chi connectivity index (χ4v) is 2.61. The molecule has 1 aliphatic rings. The first kappa shape index (κ1) is 15.4. The van der Waals surface area contributed by atoms with Crippen LogP contribution < -0.4 is 4.90 Å². The van der Waals surface area contributed by atoms with Gasteiger partial charge in [-0.3, -0.25) is 4.79 Å². The van der Waals surface area contributed by atoms with Gasteiger partial charge in [0.2, 0.25) is 0 Å². The van der Waals surface area contributed by atoms with Crippen LogP contribution in [-0.4, -0.2) is 30.3 Å². The molecule has 0 aromatic heterocycles. The average Bonchev–Trinajstić information content (AvgIpc) is 2.83. The van der Waals surface area contributed by atoms with Crippen LogP contribution in [0.15, 0.2) is 18.2 Å². The lowest BCUT2D eigenvalue weighted by Crippen LogP contribution is -2.33. The van der Waals surface area contributed by atoms with Gasteiger partial charge in [-0.05, 0) is 18.2 Å². The lowest BCUT2D eigenvalue weighted by Gasteiger charge is -2.20. The normalized spacial score (nSPS) is 22.1. The van der Waals surface area contributed by atoms with Crippen molar-refractivity contribution in [3.8, 4) is 6.07 Å². The van der Waals surface area contributed by atoms with Gasteiger partial charge in [0.05, 0.1) is 23.1 Å². The number of hydrogen-bond donors (Lipinski definition) is 1. The van der Waals surface area contributed by atoms with Gasteiger partial charge in [-0.1, -0.05) is 11.6 Å². The number of anilines is 1. The van der Waals surface area contributed by atoms with Gasteiger partial charge in [0.25, 0.3) is 0 Å². The SMILES string of the molecule is N#Cc1ccc(Cl)cc1N1C[C@@H](C(F)(F)F)[C@H](C(=O)O)C1. The Morgan fingerprint density at radius 3 is 2.57 bits per heavy atom. The summed E-state index contributed by atoms with van der Waals surface area (Å²) in [6, 6.07) is 6.09. The number of benzene rings is 1. The van der Waals surface area contributed by atoms with Crippen LogP contribution in [0, 0.1) is 23.2 Å². The molecule has 1 aromatic rings. The van der Waals surface area contributed by atoms with Crippen LogP contribution in [0.25, 0.3) is 0 Å². The van der Waals surface area contributed by atoms with Gasteiger partial charge in [-0.25, -0.2) is 0 Å². The standard InChI is InChI=1S/C13H10ClF3N2O2/c14-8-2-1-7(4-18)11(3-8)19-5-9(12(20)21)10(6-19)13(15,16)17/h1-3,9-10H,5-6H2,(H,20,21)/t9-,10-/m1/s1. The smallest absolute Gasteiger partial charge is 0.394 e. The van der Waals surface area contributed by atoms with E-state index in [-0.39, 0.29) is 22.8 Å². The molecule has 0 bridgehead atoms. The molecule has 4 nitrogen and oxygen atoms in total. The van der Waals surface area contributed by atoms with Crippen molar-refractivity contribution in [1.82, 2.24) is 0 Å². The van der Waals surface area contributed by atoms with Crippen LogP contribution in [0.4, 0.5) is 18.9 Å². The Morgan fingerprint density at radius 1 is 1.43 bits per heavy atom. The average molecular weight is 319 g/mol. The molecule has 0 unspecified atom stereocenters. The van der Waals surface area contributed by atoms with Gasteiger partial charge < -0.3 is 10.0 Å². The minimum absolute atomic E-state index is 0.159. The van der Waals surface area contributed by atoms with Gasteiger partial charge in [0.1, 0.15) is 6.07 Å². The summed E-state index contributed by atoms with van der Waals surface area (Å²) in [5.41, 5.74) is 0.384. The van der Waals surface area contributed by atoms with Gasteiger partial charge in [-0.15, -0.1) is 0 Å². The number of carbonyl (C=O) groups is 1. The number of alkyl halides is 3. The highest BCUT2D eigenvalue weighted by atomic mass is 35.5. The van der Waals surface area contributed by atoms with Crippen molar-refractivity contribution in [2.24, 2.45) is 11.8 Å². The molecule has 21 heavy (non-hydrogen) atoms. The van der Waals surface area contributed by atoms with Gasteiger partial charge in [0.15, 0.2) is 0 Å². The lowest BCUT2D eigenvalue weighted by atomic mass is 9.96. The largest absolute Gasteiger partial charge is 0.481 e. The maximum absolute atomic E-state index is 12.9. The third-order valence-corrected chi connectivity index (χ3v) is 3.71. The summed E-state index contributed by atoms with van der Waals surface area (Å²) < 4.78 is 38.8. The number of hydrogen-bond acceptors (Lipinski definition) is 3. The zero-order chi connectivity index (χ0) is 15.8. The van der Waals surface area contributed by atoms with Crippen molar-refractivity contribution in [2.45, 2.75) is 6.18 Å². The second kappa shape index (κ2) is 5.45. The first-order valence-corrected chi connectivity index (χ1v) is 6.36. The first-order chi connectivity index (χ1) is 9.74. The quantitative estimate of drug-likeness (QED) is 0.910. The van der Waals surface area contributed by atoms with Crippen molar-refractivity contribution in [3.63, 3.8) is 0 Å². The van der Waals surface area contributed by atoms with E-state index in [9.17, 15) is 18.0 Å². The number of rotatable bonds is 2. The van der Waals surface area contributed by atoms with E-state index < -0.39 is 30.5 Å². The maximum atomic E-state index is 12.9. The molecule has 8 heteroatoms. The molecule has 1 heterocycles. The molecule has 1 fully saturated rings. The molecule has 0 amide bonds. The highest BCUT2D eigenvalue weighted by Gasteiger charge is 2.52. The first-order valence-electron chi connectivity index (χ1n) is 5.98. The molecule has 0 aliphatic carbocycles. The van der Waals surface area contributed by atoms with E-state index in [2.05, 4.69) is 0 Å². The molecule has 1 saturated heterocycles. The summed E-state index contributed by atoms with van der Waals surface area (Å²) in [6.45, 7) is -0.815. The number of nitrogens with zero attached hydrogens (tertiary/aromatic N) is 2. The Hall–Kier alpha value is -1.94. The monoisotopic (exact) mass is 318 g/mol. The van der Waals surface area contributed by atoms with Gasteiger partial charge >= 0.3 is 12.1 Å². The Kier molecular flexibility index (Phi) is 4.01. The number of carboxylic acids is 1. The van der Waals surface area contributed by atoms with Crippen molar-refractivity contribution in [3.05, 3.63) is 28.8 Å². The summed E-state index contributed by atoms with van der Waals surface area (Å²) in [4.78, 5) is 12.3. The molecule has 0 saturated carbocycles. The minimum atomic E-state index is -4.61. The fourth-order valence-electron chi connectivity index (χ4n) is 2.44. The molecule has 2 rings (SSSR count). The van der Waals surface area contributed by atoms with Crippen molar-refractivity contribution in [1.29, 1.82) is 5.26 Å². The van der Waals surface area contributed by atoms with Crippen molar-refractivity contribution < 1.29 is 23.1 Å². The zero-order valence-electron chi connectivity index (χ0n) is 10.6. The summed E-state index contributed by atoms with van der Waals surface area (Å²) >= 11 is 5.80. The molecule has 0 radical (unpaired) electrons. The Bertz CT molecular complexity index is 612. The maximum Gasteiger partial charge on any atom is 0.394 e. The minimum Gasteiger partial charge on any atom is -0.481 e. The number of nitriles is 1. The highest BCUT2D eigenvalue weighted by molar-refractivity contribution is 6.30. The van der Waals surface area contributed by atoms with Crippen LogP contribution in [-0.2, 0) is 4.79 Å². The summed E-state index contributed by atoms with van der Waals surface area (Å²) in [5.74, 6) is -5.03. The highest BCUT2D eigenvalue weighted by Crippen LogP contribution is 2.40. The third kappa shape index (κ3) is 3.05. The Balaban J connectivity index is 2.38. The fraction of sp³-hybridized carbons (Fsp3) is 0.385. The van der Waals surface area contributed by atoms with Crippen LogP contribution >= 0.6 is 11.6 Å². The molecule has 1 aliphatic heterocycles. The number of aliphatic carboxylic acids is 1. The topological polar surface area (TPSA) is 64.3 Å². The van der Waals surface area contributed by atoms with E-state index in [1.807, 2.05) is 6.07 Å². The molecule has 1 aromatic carbocycles. The number of carboxylic acid groups (broad SMARTS) is 1. The predicted molar refractivity (Wildman–Crippen MR) is 69.1 cm³/mol. The van der Waals surface area contributed by atoms with Crippen LogP contribution in [0.5, 0.6) is 0 Å². The van der Waals surface area contributed by atoms with Crippen LogP contribution in [0.2, 0.25) is 5.02 Å². The molecule has 1 N–H and O–H groups in total. The summed E-state index contributed by atoms with van der Waals surface area (Å²) in [5, 5.41) is 18.3. The second-order valence-corrected chi connectivity index (χ2v) is 5.21. The molecule has 0 spiro atoms. The predicted octanol–water partition coefficient (Wildman–Crippen LogP) is 2.91. The molecular formula is C13H10ClF3N2O2. The van der Waals surface area contributed by atoms with E-state index in [0.717, 1.165) is 0 Å². The van der Waals surface area contributed by atoms with E-state index in [4.69, 9.17) is 22.0 Å². The van der Waals surface area contributed by atoms with Gasteiger partial charge in [-0.2, -0.15) is 18.4 Å². The molecule has 112 valence electrons. The van der Waals surface area contributed by atoms with E-state index >= 15 is 0 Å².